The Hall–Kier alpha value is 0.250. The largest absolute Gasteiger partial charge is 0.340 e. The van der Waals surface area contributed by atoms with Gasteiger partial charge in [-0.3, -0.25) is 13.3 Å². The zero-order valence-corrected chi connectivity index (χ0v) is 19.0. The maximum atomic E-state index is 13.0. The van der Waals surface area contributed by atoms with Crippen LogP contribution in [0.5, 0.6) is 0 Å². The third-order valence-corrected chi connectivity index (χ3v) is 10.1. The van der Waals surface area contributed by atoms with Crippen molar-refractivity contribution in [3.05, 3.63) is 0 Å². The Morgan fingerprint density at radius 1 is 0.769 bits per heavy atom. The maximum Gasteiger partial charge on any atom is 0.340 e. The van der Waals surface area contributed by atoms with Gasteiger partial charge in [0.15, 0.2) is 0 Å². The zero-order chi connectivity index (χ0) is 20.1. The fraction of sp³-hybridized carbons (Fsp3) is 1.00. The van der Waals surface area contributed by atoms with Gasteiger partial charge in [-0.1, -0.05) is 19.3 Å². The number of unbranched alkanes of at least 4 members (excludes halogenated alkanes) is 4. The Balaban J connectivity index is 4.32. The second kappa shape index (κ2) is 13.4. The van der Waals surface area contributed by atoms with Crippen molar-refractivity contribution >= 4 is 25.1 Å². The molecule has 0 N–H and O–H groups in total. The van der Waals surface area contributed by atoms with E-state index in [2.05, 4.69) is 4.18 Å². The Labute approximate surface area is 158 Å². The summed E-state index contributed by atoms with van der Waals surface area (Å²) in [5, 5.41) is 0. The summed E-state index contributed by atoms with van der Waals surface area (Å²) >= 11 is 0. The van der Waals surface area contributed by atoms with Crippen molar-refractivity contribution in [2.75, 3.05) is 44.7 Å². The molecule has 26 heavy (non-hydrogen) atoms. The highest BCUT2D eigenvalue weighted by Gasteiger charge is 2.36. The van der Waals surface area contributed by atoms with E-state index in [1.807, 2.05) is 0 Å². The Bertz CT molecular complexity index is 554. The highest BCUT2D eigenvalue weighted by Crippen LogP contribution is 2.63. The van der Waals surface area contributed by atoms with Gasteiger partial charge in [-0.05, 0) is 33.6 Å². The van der Waals surface area contributed by atoms with Crippen molar-refractivity contribution < 1.29 is 35.3 Å². The van der Waals surface area contributed by atoms with Gasteiger partial charge in [-0.25, -0.2) is 0 Å². The van der Waals surface area contributed by atoms with Crippen LogP contribution in [0.4, 0.5) is 0 Å². The molecule has 0 aromatic heterocycles. The molecule has 0 heterocycles. The third kappa shape index (κ3) is 13.4. The van der Waals surface area contributed by atoms with E-state index in [-0.39, 0.29) is 32.3 Å². The second-order valence-corrected chi connectivity index (χ2v) is 12.7. The zero-order valence-electron chi connectivity index (χ0n) is 16.3. The molecule has 0 radical (unpaired) electrons. The van der Waals surface area contributed by atoms with Crippen LogP contribution in [0.15, 0.2) is 0 Å². The first-order chi connectivity index (χ1) is 12.1. The average Bonchev–Trinajstić information content (AvgIpc) is 2.49. The van der Waals surface area contributed by atoms with Gasteiger partial charge in [0.1, 0.15) is 5.90 Å². The smallest absolute Gasteiger partial charge is 0.328 e. The first-order valence-corrected chi connectivity index (χ1v) is 14.6. The lowest BCUT2D eigenvalue weighted by Crippen LogP contribution is -2.06. The van der Waals surface area contributed by atoms with Gasteiger partial charge >= 0.3 is 7.60 Å². The summed E-state index contributed by atoms with van der Waals surface area (Å²) in [5.74, 6) is -0.197. The van der Waals surface area contributed by atoms with E-state index in [0.29, 0.717) is 19.0 Å². The molecule has 1 atom stereocenters. The summed E-state index contributed by atoms with van der Waals surface area (Å²) in [6, 6.07) is 0. The minimum absolute atomic E-state index is 0.183. The standard InChI is InChI=1S/C15H34O8P2S/c1-5-20-24(16,15-25(17,21-6-2)22-7-3)14-12-10-8-9-11-13-23-26(4,18)19/h5-15H2,1-4H3. The summed E-state index contributed by atoms with van der Waals surface area (Å²) in [7, 11) is -9.90. The molecular formula is C15H34O8P2S. The molecule has 0 aliphatic rings. The summed E-state index contributed by atoms with van der Waals surface area (Å²) in [6.07, 6.45) is 5.19. The van der Waals surface area contributed by atoms with Crippen LogP contribution in [0.25, 0.3) is 0 Å². The lowest BCUT2D eigenvalue weighted by molar-refractivity contribution is 0.222. The van der Waals surface area contributed by atoms with Crippen molar-refractivity contribution in [2.24, 2.45) is 0 Å². The van der Waals surface area contributed by atoms with Crippen LogP contribution >= 0.6 is 15.0 Å². The number of hydrogen-bond acceptors (Lipinski definition) is 8. The predicted molar refractivity (Wildman–Crippen MR) is 104 cm³/mol. The van der Waals surface area contributed by atoms with Crippen LogP contribution in [0.1, 0.15) is 52.9 Å². The average molecular weight is 436 g/mol. The summed E-state index contributed by atoms with van der Waals surface area (Å²) in [5.41, 5.74) is 0. The van der Waals surface area contributed by atoms with E-state index in [0.717, 1.165) is 25.5 Å². The second-order valence-electron chi connectivity index (χ2n) is 5.84. The first-order valence-electron chi connectivity index (χ1n) is 9.05. The van der Waals surface area contributed by atoms with Crippen LogP contribution in [0.2, 0.25) is 0 Å². The molecular weight excluding hydrogens is 402 g/mol. The van der Waals surface area contributed by atoms with Gasteiger partial charge in [0, 0.05) is 6.16 Å². The van der Waals surface area contributed by atoms with Crippen LogP contribution < -0.4 is 0 Å². The third-order valence-electron chi connectivity index (χ3n) is 3.35. The maximum absolute atomic E-state index is 13.0. The molecule has 0 fully saturated rings. The SMILES string of the molecule is CCOP(=O)(CCCCCCCOS(C)(=O)=O)CP(=O)(OCC)OCC. The highest BCUT2D eigenvalue weighted by atomic mass is 32.2. The van der Waals surface area contributed by atoms with Gasteiger partial charge in [-0.15, -0.1) is 0 Å². The quantitative estimate of drug-likeness (QED) is 0.187. The van der Waals surface area contributed by atoms with Crippen molar-refractivity contribution in [1.29, 1.82) is 0 Å². The van der Waals surface area contributed by atoms with Crippen molar-refractivity contribution in [1.82, 2.24) is 0 Å². The van der Waals surface area contributed by atoms with E-state index in [4.69, 9.17) is 13.6 Å². The molecule has 0 saturated carbocycles. The van der Waals surface area contributed by atoms with Gasteiger partial charge < -0.3 is 13.6 Å². The van der Waals surface area contributed by atoms with E-state index < -0.39 is 25.1 Å². The molecule has 158 valence electrons. The summed E-state index contributed by atoms with van der Waals surface area (Å²) in [4.78, 5) is 0. The molecule has 0 spiro atoms. The first kappa shape index (κ1) is 26.2. The fourth-order valence-corrected chi connectivity index (χ4v) is 8.63. The number of hydrogen-bond donors (Lipinski definition) is 0. The monoisotopic (exact) mass is 436 g/mol. The normalized spacial score (nSPS) is 15.1. The predicted octanol–water partition coefficient (Wildman–Crippen LogP) is 4.45. The van der Waals surface area contributed by atoms with Crippen LogP contribution in [0.3, 0.4) is 0 Å². The van der Waals surface area contributed by atoms with Gasteiger partial charge in [-0.2, -0.15) is 8.42 Å². The molecule has 0 rings (SSSR count). The van der Waals surface area contributed by atoms with Crippen molar-refractivity contribution in [3.63, 3.8) is 0 Å². The van der Waals surface area contributed by atoms with E-state index in [1.165, 1.54) is 0 Å². The molecule has 0 aliphatic carbocycles. The van der Waals surface area contributed by atoms with Crippen LogP contribution in [-0.4, -0.2) is 53.2 Å². The van der Waals surface area contributed by atoms with E-state index >= 15 is 0 Å². The Kier molecular flexibility index (Phi) is 13.6. The molecule has 0 aromatic carbocycles. The van der Waals surface area contributed by atoms with E-state index in [1.54, 1.807) is 20.8 Å². The highest BCUT2D eigenvalue weighted by molar-refractivity contribution is 7.86. The molecule has 0 bridgehead atoms. The molecule has 0 saturated heterocycles. The molecule has 1 unspecified atom stereocenters. The fourth-order valence-electron chi connectivity index (χ4n) is 2.38. The molecule has 0 aromatic rings. The Morgan fingerprint density at radius 2 is 1.27 bits per heavy atom. The van der Waals surface area contributed by atoms with Gasteiger partial charge in [0.2, 0.25) is 7.37 Å². The minimum atomic E-state index is -3.42. The summed E-state index contributed by atoms with van der Waals surface area (Å²) in [6.45, 7) is 6.08. The molecule has 11 heteroatoms. The molecule has 8 nitrogen and oxygen atoms in total. The van der Waals surface area contributed by atoms with Gasteiger partial charge in [0.05, 0.1) is 32.7 Å². The van der Waals surface area contributed by atoms with E-state index in [9.17, 15) is 17.5 Å². The lowest BCUT2D eigenvalue weighted by Gasteiger charge is -2.23. The Morgan fingerprint density at radius 3 is 1.77 bits per heavy atom. The molecule has 0 aliphatic heterocycles. The van der Waals surface area contributed by atoms with Gasteiger partial charge in [0.25, 0.3) is 10.1 Å². The van der Waals surface area contributed by atoms with Crippen molar-refractivity contribution in [2.45, 2.75) is 52.9 Å². The number of rotatable bonds is 17. The van der Waals surface area contributed by atoms with Crippen molar-refractivity contribution in [3.8, 4) is 0 Å². The lowest BCUT2D eigenvalue weighted by atomic mass is 10.2. The van der Waals surface area contributed by atoms with Crippen LogP contribution in [0, 0.1) is 0 Å². The van der Waals surface area contributed by atoms with Crippen LogP contribution in [-0.2, 0) is 37.0 Å². The molecule has 0 amide bonds. The topological polar surface area (TPSA) is 105 Å². The minimum Gasteiger partial charge on any atom is -0.328 e. The summed E-state index contributed by atoms with van der Waals surface area (Å²) < 4.78 is 67.9.